The molecule has 1 fully saturated rings. The molecule has 2 amide bonds. The predicted molar refractivity (Wildman–Crippen MR) is 118 cm³/mol. The lowest BCUT2D eigenvalue weighted by atomic mass is 9.90. The summed E-state index contributed by atoms with van der Waals surface area (Å²) in [6.45, 7) is 0.324. The number of thiazole rings is 1. The fourth-order valence-corrected chi connectivity index (χ4v) is 4.82. The molecule has 2 N–H and O–H groups in total. The van der Waals surface area contributed by atoms with E-state index in [4.69, 9.17) is 4.74 Å². The molecular weight excluding hydrogens is 418 g/mol. The number of rotatable bonds is 7. The molecule has 0 bridgehead atoms. The average molecular weight is 442 g/mol. The lowest BCUT2D eigenvalue weighted by molar-refractivity contribution is 0.0862. The second kappa shape index (κ2) is 9.86. The minimum Gasteiger partial charge on any atom is -0.486 e. The summed E-state index contributed by atoms with van der Waals surface area (Å²) in [5, 5.41) is 10.5. The van der Waals surface area contributed by atoms with Crippen molar-refractivity contribution < 1.29 is 14.3 Å². The second-order valence-corrected chi connectivity index (χ2v) is 9.04. The minimum atomic E-state index is -0.209. The molecule has 2 atom stereocenters. The number of amides is 2. The molecule has 1 aliphatic rings. The molecule has 6 nitrogen and oxygen atoms in total. The average Bonchev–Trinajstić information content (AvgIpc) is 3.47. The Morgan fingerprint density at radius 3 is 2.40 bits per heavy atom. The van der Waals surface area contributed by atoms with Crippen molar-refractivity contribution in [2.75, 3.05) is 0 Å². The first-order valence-corrected chi connectivity index (χ1v) is 11.7. The maximum absolute atomic E-state index is 12.7. The van der Waals surface area contributed by atoms with E-state index in [1.54, 1.807) is 5.38 Å². The highest BCUT2D eigenvalue weighted by Gasteiger charge is 2.29. The molecule has 3 aromatic rings. The van der Waals surface area contributed by atoms with Gasteiger partial charge in [-0.15, -0.1) is 22.7 Å². The largest absolute Gasteiger partial charge is 0.486 e. The Morgan fingerprint density at radius 1 is 0.967 bits per heavy atom. The number of ether oxygens (including phenoxy) is 1. The van der Waals surface area contributed by atoms with Crippen molar-refractivity contribution in [3.05, 3.63) is 68.8 Å². The Labute approximate surface area is 183 Å². The van der Waals surface area contributed by atoms with Crippen LogP contribution in [0.25, 0.3) is 0 Å². The number of thiophene rings is 1. The van der Waals surface area contributed by atoms with Gasteiger partial charge in [-0.3, -0.25) is 9.59 Å². The SMILES string of the molecule is O=C(N[C@H]1CCCC[C@@H]1NC(=O)c1cccs1)c1csc(COc2ccccc2)n1. The third-order valence-electron chi connectivity index (χ3n) is 5.03. The maximum atomic E-state index is 12.7. The van der Waals surface area contributed by atoms with Gasteiger partial charge in [0.25, 0.3) is 11.8 Å². The van der Waals surface area contributed by atoms with Crippen molar-refractivity contribution in [1.82, 2.24) is 15.6 Å². The van der Waals surface area contributed by atoms with Crippen LogP contribution in [0.4, 0.5) is 0 Å². The van der Waals surface area contributed by atoms with Gasteiger partial charge in [0.15, 0.2) is 0 Å². The van der Waals surface area contributed by atoms with E-state index < -0.39 is 0 Å². The molecule has 4 rings (SSSR count). The number of carbonyl (C=O) groups excluding carboxylic acids is 2. The molecule has 0 aliphatic heterocycles. The molecule has 30 heavy (non-hydrogen) atoms. The Hall–Kier alpha value is -2.71. The molecule has 1 aromatic carbocycles. The van der Waals surface area contributed by atoms with Gasteiger partial charge in [0.05, 0.1) is 4.88 Å². The van der Waals surface area contributed by atoms with Gasteiger partial charge in [0.2, 0.25) is 0 Å². The van der Waals surface area contributed by atoms with E-state index in [0.717, 1.165) is 36.4 Å². The topological polar surface area (TPSA) is 80.3 Å². The molecule has 2 heterocycles. The maximum Gasteiger partial charge on any atom is 0.271 e. The van der Waals surface area contributed by atoms with Gasteiger partial charge in [-0.2, -0.15) is 0 Å². The molecule has 0 spiro atoms. The number of hydrogen-bond acceptors (Lipinski definition) is 6. The van der Waals surface area contributed by atoms with Gasteiger partial charge >= 0.3 is 0 Å². The van der Waals surface area contributed by atoms with E-state index in [2.05, 4.69) is 15.6 Å². The van der Waals surface area contributed by atoms with Crippen molar-refractivity contribution in [1.29, 1.82) is 0 Å². The number of para-hydroxylation sites is 1. The van der Waals surface area contributed by atoms with Gasteiger partial charge in [0.1, 0.15) is 23.1 Å². The number of hydrogen-bond donors (Lipinski definition) is 2. The van der Waals surface area contributed by atoms with Crippen LogP contribution in [0.2, 0.25) is 0 Å². The smallest absolute Gasteiger partial charge is 0.271 e. The highest BCUT2D eigenvalue weighted by atomic mass is 32.1. The van der Waals surface area contributed by atoms with E-state index in [1.165, 1.54) is 22.7 Å². The van der Waals surface area contributed by atoms with Crippen LogP contribution in [0.3, 0.4) is 0 Å². The predicted octanol–water partition coefficient (Wildman–Crippen LogP) is 4.25. The molecule has 0 radical (unpaired) electrons. The van der Waals surface area contributed by atoms with Gasteiger partial charge < -0.3 is 15.4 Å². The number of benzene rings is 1. The van der Waals surface area contributed by atoms with E-state index in [1.807, 2.05) is 47.8 Å². The summed E-state index contributed by atoms with van der Waals surface area (Å²) >= 11 is 2.82. The van der Waals surface area contributed by atoms with Gasteiger partial charge in [-0.25, -0.2) is 4.98 Å². The summed E-state index contributed by atoms with van der Waals surface area (Å²) in [6.07, 6.45) is 3.77. The van der Waals surface area contributed by atoms with Crippen molar-refractivity contribution in [3.8, 4) is 5.75 Å². The van der Waals surface area contributed by atoms with Crippen LogP contribution in [0.5, 0.6) is 5.75 Å². The lowest BCUT2D eigenvalue weighted by Gasteiger charge is -2.32. The molecule has 0 unspecified atom stereocenters. The number of nitrogens with one attached hydrogen (secondary N) is 2. The van der Waals surface area contributed by atoms with Gasteiger partial charge in [0, 0.05) is 17.5 Å². The first-order chi connectivity index (χ1) is 14.7. The quantitative estimate of drug-likeness (QED) is 0.574. The first-order valence-electron chi connectivity index (χ1n) is 9.96. The van der Waals surface area contributed by atoms with Crippen LogP contribution in [-0.2, 0) is 6.61 Å². The van der Waals surface area contributed by atoms with Crippen molar-refractivity contribution in [2.24, 2.45) is 0 Å². The Balaban J connectivity index is 1.33. The standard InChI is InChI=1S/C22H23N3O3S2/c26-21(18-14-30-20(23-18)13-28-15-7-2-1-3-8-15)24-16-9-4-5-10-17(16)25-22(27)19-11-6-12-29-19/h1-3,6-8,11-12,14,16-17H,4-5,9-10,13H2,(H,24,26)(H,25,27)/t16-,17-/m0/s1. The van der Waals surface area contributed by atoms with Crippen molar-refractivity contribution in [2.45, 2.75) is 44.4 Å². The Kier molecular flexibility index (Phi) is 6.76. The van der Waals surface area contributed by atoms with Crippen LogP contribution in [-0.4, -0.2) is 28.9 Å². The fourth-order valence-electron chi connectivity index (χ4n) is 3.51. The third kappa shape index (κ3) is 5.25. The highest BCUT2D eigenvalue weighted by molar-refractivity contribution is 7.12. The zero-order chi connectivity index (χ0) is 20.8. The summed E-state index contributed by atoms with van der Waals surface area (Å²) in [4.78, 5) is 30.3. The van der Waals surface area contributed by atoms with Crippen LogP contribution >= 0.6 is 22.7 Å². The summed E-state index contributed by atoms with van der Waals surface area (Å²) < 4.78 is 5.70. The summed E-state index contributed by atoms with van der Waals surface area (Å²) in [5.74, 6) is 0.481. The van der Waals surface area contributed by atoms with Gasteiger partial charge in [-0.1, -0.05) is 37.1 Å². The van der Waals surface area contributed by atoms with E-state index in [0.29, 0.717) is 17.2 Å². The molecule has 1 aliphatic carbocycles. The van der Waals surface area contributed by atoms with Crippen molar-refractivity contribution >= 4 is 34.5 Å². The molecule has 2 aromatic heterocycles. The number of nitrogens with zero attached hydrogens (tertiary/aromatic N) is 1. The Morgan fingerprint density at radius 2 is 1.70 bits per heavy atom. The highest BCUT2D eigenvalue weighted by Crippen LogP contribution is 2.21. The third-order valence-corrected chi connectivity index (χ3v) is 6.72. The van der Waals surface area contributed by atoms with Crippen LogP contribution in [0.15, 0.2) is 53.2 Å². The Bertz CT molecular complexity index is 973. The zero-order valence-corrected chi connectivity index (χ0v) is 18.0. The number of carbonyl (C=O) groups is 2. The first kappa shape index (κ1) is 20.6. The normalized spacial score (nSPS) is 18.5. The monoisotopic (exact) mass is 441 g/mol. The zero-order valence-electron chi connectivity index (χ0n) is 16.4. The molecule has 156 valence electrons. The fraction of sp³-hybridized carbons (Fsp3) is 0.318. The minimum absolute atomic E-state index is 0.0724. The molecule has 8 heteroatoms. The summed E-state index contributed by atoms with van der Waals surface area (Å²) in [5.41, 5.74) is 0.389. The molecule has 0 saturated heterocycles. The lowest BCUT2D eigenvalue weighted by Crippen LogP contribution is -2.53. The van der Waals surface area contributed by atoms with Crippen LogP contribution < -0.4 is 15.4 Å². The van der Waals surface area contributed by atoms with Crippen LogP contribution in [0, 0.1) is 0 Å². The van der Waals surface area contributed by atoms with E-state index >= 15 is 0 Å². The van der Waals surface area contributed by atoms with Crippen molar-refractivity contribution in [3.63, 3.8) is 0 Å². The number of aromatic nitrogens is 1. The second-order valence-electron chi connectivity index (χ2n) is 7.15. The van der Waals surface area contributed by atoms with Crippen LogP contribution in [0.1, 0.15) is 50.9 Å². The summed E-state index contributed by atoms with van der Waals surface area (Å²) in [7, 11) is 0. The molecule has 1 saturated carbocycles. The molecular formula is C22H23N3O3S2. The van der Waals surface area contributed by atoms with E-state index in [9.17, 15) is 9.59 Å². The van der Waals surface area contributed by atoms with Gasteiger partial charge in [-0.05, 0) is 36.4 Å². The summed E-state index contributed by atoms with van der Waals surface area (Å²) in [6, 6.07) is 13.0. The van der Waals surface area contributed by atoms with E-state index in [-0.39, 0.29) is 23.9 Å².